The summed E-state index contributed by atoms with van der Waals surface area (Å²) < 4.78 is 11.1. The second-order valence-corrected chi connectivity index (χ2v) is 9.94. The Bertz CT molecular complexity index is 749. The molecule has 0 saturated heterocycles. The van der Waals surface area contributed by atoms with E-state index in [2.05, 4.69) is 45.2 Å². The summed E-state index contributed by atoms with van der Waals surface area (Å²) >= 11 is 0. The highest BCUT2D eigenvalue weighted by Crippen LogP contribution is 2.62. The van der Waals surface area contributed by atoms with E-state index in [-0.39, 0.29) is 16.8 Å². The van der Waals surface area contributed by atoms with Crippen LogP contribution in [0.4, 0.5) is 0 Å². The number of furan rings is 1. The fraction of sp³-hybridized carbons (Fsp3) is 0.731. The molecule has 1 aromatic rings. The zero-order valence-corrected chi connectivity index (χ0v) is 19.8. The van der Waals surface area contributed by atoms with E-state index in [0.29, 0.717) is 11.8 Å². The van der Waals surface area contributed by atoms with Gasteiger partial charge in [0.25, 0.3) is 0 Å². The van der Waals surface area contributed by atoms with Crippen molar-refractivity contribution in [1.29, 1.82) is 0 Å². The van der Waals surface area contributed by atoms with Gasteiger partial charge in [0.1, 0.15) is 5.76 Å². The third kappa shape index (κ3) is 4.12. The lowest BCUT2D eigenvalue weighted by atomic mass is 9.46. The first-order valence-electron chi connectivity index (χ1n) is 11.8. The van der Waals surface area contributed by atoms with Crippen LogP contribution >= 0.6 is 0 Å². The largest absolute Gasteiger partial charge is 0.469 e. The summed E-state index contributed by atoms with van der Waals surface area (Å²) in [4.78, 5) is 15.2. The molecule has 0 radical (unpaired) electrons. The normalized spacial score (nSPS) is 31.6. The van der Waals surface area contributed by atoms with E-state index in [1.807, 2.05) is 6.26 Å². The summed E-state index contributed by atoms with van der Waals surface area (Å²) in [5.74, 6) is 1.88. The van der Waals surface area contributed by atoms with Gasteiger partial charge in [0.15, 0.2) is 0 Å². The SMILES string of the molecule is C=C1CC[C@@H]2[C@](C)(CCC[C@]2(C)C(=O)OC)[C@@H]1CCc1ccoc1CN(CC)CC. The van der Waals surface area contributed by atoms with Gasteiger partial charge in [-0.15, -0.1) is 0 Å². The van der Waals surface area contributed by atoms with Gasteiger partial charge >= 0.3 is 5.97 Å². The average molecular weight is 416 g/mol. The summed E-state index contributed by atoms with van der Waals surface area (Å²) in [6, 6.07) is 2.14. The van der Waals surface area contributed by atoms with Crippen molar-refractivity contribution < 1.29 is 13.9 Å². The molecule has 0 aliphatic heterocycles. The van der Waals surface area contributed by atoms with E-state index in [4.69, 9.17) is 9.15 Å². The highest BCUT2D eigenvalue weighted by molar-refractivity contribution is 5.77. The van der Waals surface area contributed by atoms with Gasteiger partial charge in [-0.1, -0.05) is 39.3 Å². The van der Waals surface area contributed by atoms with Gasteiger partial charge in [-0.3, -0.25) is 9.69 Å². The molecule has 4 heteroatoms. The van der Waals surface area contributed by atoms with Crippen molar-refractivity contribution >= 4 is 5.97 Å². The Labute approximate surface area is 183 Å². The van der Waals surface area contributed by atoms with Crippen LogP contribution in [-0.4, -0.2) is 31.1 Å². The van der Waals surface area contributed by atoms with Gasteiger partial charge in [-0.05, 0) is 87.4 Å². The Morgan fingerprint density at radius 2 is 2.03 bits per heavy atom. The number of esters is 1. The molecule has 1 aromatic heterocycles. The van der Waals surface area contributed by atoms with Crippen LogP contribution < -0.4 is 0 Å². The standard InChI is InChI=1S/C26H41NO3/c1-7-27(8-2)18-22-20(14-17-30-22)11-12-21-19(3)10-13-23-25(21,4)15-9-16-26(23,5)24(28)29-6/h14,17,21,23H,3,7-13,15-16,18H2,1-2,4-6H3/t21-,23-,25-,26+/m1/s1. The highest BCUT2D eigenvalue weighted by atomic mass is 16.5. The first kappa shape index (κ1) is 23.1. The molecular weight excluding hydrogens is 374 g/mol. The fourth-order valence-electron chi connectivity index (χ4n) is 6.64. The first-order chi connectivity index (χ1) is 14.3. The lowest BCUT2D eigenvalue weighted by molar-refractivity contribution is -0.168. The minimum absolute atomic E-state index is 0.0268. The molecule has 168 valence electrons. The number of methoxy groups -OCH3 is 1. The number of fused-ring (bicyclic) bond motifs is 1. The van der Waals surface area contributed by atoms with E-state index in [1.165, 1.54) is 24.7 Å². The van der Waals surface area contributed by atoms with Crippen LogP contribution in [0, 0.1) is 22.7 Å². The zero-order valence-electron chi connectivity index (χ0n) is 19.8. The predicted octanol–water partition coefficient (Wildman–Crippen LogP) is 6.01. The summed E-state index contributed by atoms with van der Waals surface area (Å²) in [5.41, 5.74) is 2.44. The molecule has 3 rings (SSSR count). The van der Waals surface area contributed by atoms with Crippen LogP contribution in [0.5, 0.6) is 0 Å². The van der Waals surface area contributed by atoms with E-state index in [9.17, 15) is 4.79 Å². The molecule has 2 aliphatic carbocycles. The van der Waals surface area contributed by atoms with Gasteiger partial charge in [0.2, 0.25) is 0 Å². The topological polar surface area (TPSA) is 42.7 Å². The Morgan fingerprint density at radius 3 is 2.70 bits per heavy atom. The molecule has 30 heavy (non-hydrogen) atoms. The number of ether oxygens (including phenoxy) is 1. The number of carbonyl (C=O) groups is 1. The van der Waals surface area contributed by atoms with Crippen molar-refractivity contribution in [2.75, 3.05) is 20.2 Å². The Hall–Kier alpha value is -1.55. The number of aryl methyl sites for hydroxylation is 1. The third-order valence-electron chi connectivity index (χ3n) is 8.47. The van der Waals surface area contributed by atoms with Crippen LogP contribution in [0.2, 0.25) is 0 Å². The molecule has 4 nitrogen and oxygen atoms in total. The quantitative estimate of drug-likeness (QED) is 0.385. The molecule has 2 fully saturated rings. The van der Waals surface area contributed by atoms with Crippen LogP contribution in [0.15, 0.2) is 28.9 Å². The second-order valence-electron chi connectivity index (χ2n) is 9.94. The van der Waals surface area contributed by atoms with Crippen molar-refractivity contribution in [3.63, 3.8) is 0 Å². The molecule has 0 aromatic carbocycles. The van der Waals surface area contributed by atoms with Gasteiger partial charge in [0, 0.05) is 0 Å². The van der Waals surface area contributed by atoms with Crippen molar-refractivity contribution in [2.45, 2.75) is 79.2 Å². The number of nitrogens with zero attached hydrogens (tertiary/aromatic N) is 1. The predicted molar refractivity (Wildman–Crippen MR) is 121 cm³/mol. The van der Waals surface area contributed by atoms with Crippen molar-refractivity contribution in [1.82, 2.24) is 4.90 Å². The summed E-state index contributed by atoms with van der Waals surface area (Å²) in [6.45, 7) is 16.4. The van der Waals surface area contributed by atoms with Crippen molar-refractivity contribution in [2.24, 2.45) is 22.7 Å². The maximum absolute atomic E-state index is 12.8. The molecule has 0 amide bonds. The van der Waals surface area contributed by atoms with Gasteiger partial charge in [-0.2, -0.15) is 0 Å². The summed E-state index contributed by atoms with van der Waals surface area (Å²) in [7, 11) is 1.54. The van der Waals surface area contributed by atoms with Gasteiger partial charge < -0.3 is 9.15 Å². The van der Waals surface area contributed by atoms with Crippen LogP contribution in [0.3, 0.4) is 0 Å². The average Bonchev–Trinajstić information content (AvgIpc) is 3.17. The maximum Gasteiger partial charge on any atom is 0.311 e. The van der Waals surface area contributed by atoms with Crippen LogP contribution in [0.25, 0.3) is 0 Å². The van der Waals surface area contributed by atoms with E-state index in [0.717, 1.165) is 63.9 Å². The Balaban J connectivity index is 1.78. The fourth-order valence-corrected chi connectivity index (χ4v) is 6.64. The Morgan fingerprint density at radius 1 is 1.30 bits per heavy atom. The second kappa shape index (κ2) is 9.30. The van der Waals surface area contributed by atoms with E-state index in [1.54, 1.807) is 0 Å². The summed E-state index contributed by atoms with van der Waals surface area (Å²) in [5, 5.41) is 0. The minimum Gasteiger partial charge on any atom is -0.469 e. The molecule has 0 spiro atoms. The molecule has 2 saturated carbocycles. The van der Waals surface area contributed by atoms with Gasteiger partial charge in [-0.25, -0.2) is 0 Å². The van der Waals surface area contributed by atoms with Crippen LogP contribution in [0.1, 0.15) is 77.5 Å². The minimum atomic E-state index is -0.371. The summed E-state index contributed by atoms with van der Waals surface area (Å²) in [6.07, 6.45) is 9.19. The lowest BCUT2D eigenvalue weighted by Crippen LogP contribution is -2.53. The maximum atomic E-state index is 12.8. The molecule has 4 atom stereocenters. The molecule has 0 N–H and O–H groups in total. The van der Waals surface area contributed by atoms with Crippen LogP contribution in [-0.2, 0) is 22.5 Å². The first-order valence-corrected chi connectivity index (χ1v) is 11.8. The van der Waals surface area contributed by atoms with Crippen molar-refractivity contribution in [3.8, 4) is 0 Å². The smallest absolute Gasteiger partial charge is 0.311 e. The van der Waals surface area contributed by atoms with Crippen molar-refractivity contribution in [3.05, 3.63) is 35.8 Å². The number of rotatable bonds is 8. The van der Waals surface area contributed by atoms with E-state index >= 15 is 0 Å². The number of carbonyl (C=O) groups excluding carboxylic acids is 1. The van der Waals surface area contributed by atoms with Gasteiger partial charge in [0.05, 0.1) is 25.3 Å². The lowest BCUT2D eigenvalue weighted by Gasteiger charge is -2.57. The molecule has 2 aliphatic rings. The van der Waals surface area contributed by atoms with E-state index < -0.39 is 0 Å². The third-order valence-corrected chi connectivity index (χ3v) is 8.47. The molecular formula is C26H41NO3. The number of hydrogen-bond acceptors (Lipinski definition) is 4. The number of hydrogen-bond donors (Lipinski definition) is 0. The molecule has 0 unspecified atom stereocenters. The monoisotopic (exact) mass is 415 g/mol. The molecule has 0 bridgehead atoms. The molecule has 1 heterocycles. The Kier molecular flexibility index (Phi) is 7.16. The number of allylic oxidation sites excluding steroid dienone is 1. The zero-order chi connectivity index (χ0) is 21.9. The highest BCUT2D eigenvalue weighted by Gasteiger charge is 2.57.